The van der Waals surface area contributed by atoms with Crippen LogP contribution in [0.15, 0.2) is 18.7 Å². The van der Waals surface area contributed by atoms with Gasteiger partial charge in [-0.3, -0.25) is 5.41 Å². The molecule has 0 radical (unpaired) electrons. The molecule has 0 saturated heterocycles. The second-order valence-electron chi connectivity index (χ2n) is 2.76. The van der Waals surface area contributed by atoms with Gasteiger partial charge in [-0.2, -0.15) is 0 Å². The summed E-state index contributed by atoms with van der Waals surface area (Å²) in [7, 11) is 0. The molecule has 0 aromatic carbocycles. The number of ether oxygens (including phenoxy) is 1. The molecule has 1 N–H and O–H groups in total. The van der Waals surface area contributed by atoms with Crippen LogP contribution in [0, 0.1) is 5.41 Å². The zero-order valence-electron chi connectivity index (χ0n) is 8.68. The van der Waals surface area contributed by atoms with Gasteiger partial charge >= 0.3 is 0 Å². The number of aryl methyl sites for hydroxylation is 1. The van der Waals surface area contributed by atoms with Crippen molar-refractivity contribution in [3.05, 3.63) is 18.7 Å². The summed E-state index contributed by atoms with van der Waals surface area (Å²) in [6.45, 7) is 3.38. The van der Waals surface area contributed by atoms with Crippen molar-refractivity contribution < 1.29 is 4.74 Å². The molecular weight excluding hydrogens is 237 g/mol. The fraction of sp³-hybridized carbons (Fsp3) is 0.556. The molecule has 0 aliphatic rings. The van der Waals surface area contributed by atoms with Gasteiger partial charge in [0.25, 0.3) is 0 Å². The molecule has 0 aliphatic heterocycles. The van der Waals surface area contributed by atoms with Gasteiger partial charge in [-0.15, -0.1) is 24.8 Å². The highest BCUT2D eigenvalue weighted by molar-refractivity contribution is 5.85. The lowest BCUT2D eigenvalue weighted by molar-refractivity contribution is 0.312. The predicted octanol–water partition coefficient (Wildman–Crippen LogP) is 2.52. The van der Waals surface area contributed by atoms with E-state index in [0.717, 1.165) is 13.0 Å². The van der Waals surface area contributed by atoms with Crippen molar-refractivity contribution in [1.29, 1.82) is 5.41 Å². The van der Waals surface area contributed by atoms with Crippen LogP contribution in [0.3, 0.4) is 0 Å². The topological polar surface area (TPSA) is 50.9 Å². The Morgan fingerprint density at radius 2 is 2.20 bits per heavy atom. The fourth-order valence-electron chi connectivity index (χ4n) is 1.09. The molecular formula is C9H17Cl2N3O. The fourth-order valence-corrected chi connectivity index (χ4v) is 1.09. The first-order valence-electron chi connectivity index (χ1n) is 4.49. The minimum absolute atomic E-state index is 0. The first-order valence-corrected chi connectivity index (χ1v) is 4.49. The quantitative estimate of drug-likeness (QED) is 0.648. The zero-order chi connectivity index (χ0) is 9.52. The number of imidazole rings is 1. The summed E-state index contributed by atoms with van der Waals surface area (Å²) in [6, 6.07) is 0. The molecule has 15 heavy (non-hydrogen) atoms. The Morgan fingerprint density at radius 3 is 2.73 bits per heavy atom. The van der Waals surface area contributed by atoms with E-state index in [1.54, 1.807) is 12.5 Å². The summed E-state index contributed by atoms with van der Waals surface area (Å²) < 4.78 is 7.02. The van der Waals surface area contributed by atoms with E-state index in [4.69, 9.17) is 10.1 Å². The summed E-state index contributed by atoms with van der Waals surface area (Å²) >= 11 is 0. The van der Waals surface area contributed by atoms with Crippen molar-refractivity contribution in [2.45, 2.75) is 26.3 Å². The Labute approximate surface area is 102 Å². The largest absolute Gasteiger partial charge is 0.481 e. The molecule has 6 heteroatoms. The molecule has 88 valence electrons. The van der Waals surface area contributed by atoms with E-state index in [9.17, 15) is 0 Å². The highest BCUT2D eigenvalue weighted by Crippen LogP contribution is 1.97. The molecule has 1 aromatic heterocycles. The molecule has 1 aromatic rings. The third-order valence-corrected chi connectivity index (χ3v) is 1.70. The third-order valence-electron chi connectivity index (χ3n) is 1.70. The Morgan fingerprint density at radius 1 is 1.47 bits per heavy atom. The lowest BCUT2D eigenvalue weighted by Crippen LogP contribution is -2.04. The predicted molar refractivity (Wildman–Crippen MR) is 65.3 cm³/mol. The van der Waals surface area contributed by atoms with Gasteiger partial charge in [-0.25, -0.2) is 4.98 Å². The summed E-state index contributed by atoms with van der Waals surface area (Å²) in [5, 5.41) is 7.37. The second-order valence-corrected chi connectivity index (χ2v) is 2.76. The average Bonchev–Trinajstić information content (AvgIpc) is 2.57. The van der Waals surface area contributed by atoms with Gasteiger partial charge in [-0.05, 0) is 13.3 Å². The number of hydrogen-bond acceptors (Lipinski definition) is 3. The molecule has 0 fully saturated rings. The second kappa shape index (κ2) is 9.80. The minimum Gasteiger partial charge on any atom is -0.481 e. The monoisotopic (exact) mass is 253 g/mol. The zero-order valence-corrected chi connectivity index (χ0v) is 10.3. The van der Waals surface area contributed by atoms with E-state index in [1.165, 1.54) is 0 Å². The number of rotatable bonds is 5. The van der Waals surface area contributed by atoms with Crippen LogP contribution < -0.4 is 0 Å². The van der Waals surface area contributed by atoms with E-state index in [1.807, 2.05) is 17.7 Å². The molecule has 0 atom stereocenters. The number of hydrogen-bond donors (Lipinski definition) is 1. The van der Waals surface area contributed by atoms with Gasteiger partial charge in [0, 0.05) is 25.4 Å². The van der Waals surface area contributed by atoms with E-state index in [-0.39, 0.29) is 24.8 Å². The van der Waals surface area contributed by atoms with Crippen LogP contribution in [0.5, 0.6) is 0 Å². The Bertz CT molecular complexity index is 252. The molecule has 1 rings (SSSR count). The molecule has 0 aliphatic carbocycles. The average molecular weight is 254 g/mol. The van der Waals surface area contributed by atoms with Crippen molar-refractivity contribution >= 4 is 30.7 Å². The highest BCUT2D eigenvalue weighted by atomic mass is 35.5. The smallest absolute Gasteiger partial charge is 0.180 e. The molecule has 4 nitrogen and oxygen atoms in total. The van der Waals surface area contributed by atoms with Crippen molar-refractivity contribution in [3.63, 3.8) is 0 Å². The molecule has 0 spiro atoms. The van der Waals surface area contributed by atoms with Gasteiger partial charge in [0.2, 0.25) is 0 Å². The first-order chi connectivity index (χ1) is 6.33. The van der Waals surface area contributed by atoms with Crippen molar-refractivity contribution in [1.82, 2.24) is 9.55 Å². The molecule has 0 bridgehead atoms. The maximum Gasteiger partial charge on any atom is 0.180 e. The summed E-state index contributed by atoms with van der Waals surface area (Å²) in [6.07, 6.45) is 7.09. The summed E-state index contributed by atoms with van der Waals surface area (Å²) in [5.41, 5.74) is 0. The molecule has 0 amide bonds. The van der Waals surface area contributed by atoms with Gasteiger partial charge in [0.1, 0.15) is 0 Å². The van der Waals surface area contributed by atoms with Crippen LogP contribution in [-0.4, -0.2) is 22.1 Å². The van der Waals surface area contributed by atoms with Crippen LogP contribution in [0.4, 0.5) is 0 Å². The van der Waals surface area contributed by atoms with Crippen LogP contribution in [0.1, 0.15) is 19.8 Å². The third kappa shape index (κ3) is 7.22. The maximum atomic E-state index is 7.37. The van der Waals surface area contributed by atoms with E-state index in [0.29, 0.717) is 18.9 Å². The van der Waals surface area contributed by atoms with E-state index >= 15 is 0 Å². The normalized spacial score (nSPS) is 8.60. The standard InChI is InChI=1S/C9H15N3O.2ClH/c1-2-13-9(10)4-3-6-12-7-5-11-8-12;;/h5,7-8,10H,2-4,6H2,1H3;2*1H. The Kier molecular flexibility index (Phi) is 10.9. The van der Waals surface area contributed by atoms with Crippen LogP contribution >= 0.6 is 24.8 Å². The highest BCUT2D eigenvalue weighted by Gasteiger charge is 1.96. The van der Waals surface area contributed by atoms with E-state index < -0.39 is 0 Å². The van der Waals surface area contributed by atoms with Gasteiger partial charge < -0.3 is 9.30 Å². The number of nitrogens with zero attached hydrogens (tertiary/aromatic N) is 2. The Balaban J connectivity index is 0. The first kappa shape index (κ1) is 16.7. The van der Waals surface area contributed by atoms with Gasteiger partial charge in [0.05, 0.1) is 12.9 Å². The number of nitrogens with one attached hydrogen (secondary N) is 1. The Hall–Kier alpha value is -0.740. The van der Waals surface area contributed by atoms with Crippen LogP contribution in [-0.2, 0) is 11.3 Å². The summed E-state index contributed by atoms with van der Waals surface area (Å²) in [5.74, 6) is 0.377. The molecule has 0 unspecified atom stereocenters. The number of halogens is 2. The van der Waals surface area contributed by atoms with Crippen molar-refractivity contribution in [2.24, 2.45) is 0 Å². The van der Waals surface area contributed by atoms with Crippen LogP contribution in [0.25, 0.3) is 0 Å². The van der Waals surface area contributed by atoms with Crippen molar-refractivity contribution in [2.75, 3.05) is 6.61 Å². The molecule has 0 saturated carbocycles. The van der Waals surface area contributed by atoms with E-state index in [2.05, 4.69) is 4.98 Å². The lowest BCUT2D eigenvalue weighted by Gasteiger charge is -2.04. The van der Waals surface area contributed by atoms with Gasteiger partial charge in [-0.1, -0.05) is 0 Å². The maximum absolute atomic E-state index is 7.37. The van der Waals surface area contributed by atoms with Crippen molar-refractivity contribution in [3.8, 4) is 0 Å². The SMILES string of the molecule is CCOC(=N)CCCn1ccnc1.Cl.Cl. The molecule has 1 heterocycles. The van der Waals surface area contributed by atoms with Gasteiger partial charge in [0.15, 0.2) is 5.90 Å². The number of aromatic nitrogens is 2. The summed E-state index contributed by atoms with van der Waals surface area (Å²) in [4.78, 5) is 3.93. The van der Waals surface area contributed by atoms with Crippen LogP contribution in [0.2, 0.25) is 0 Å². The minimum atomic E-state index is 0. The lowest BCUT2D eigenvalue weighted by atomic mass is 10.3.